The van der Waals surface area contributed by atoms with E-state index in [0.29, 0.717) is 29.9 Å². The lowest BCUT2D eigenvalue weighted by molar-refractivity contribution is 0.250. The number of hydrogen-bond donors (Lipinski definition) is 3. The highest BCUT2D eigenvalue weighted by Crippen LogP contribution is 2.34. The number of sulfonamides is 1. The largest absolute Gasteiger partial charge is 0.340 e. The second-order valence-electron chi connectivity index (χ2n) is 10.8. The van der Waals surface area contributed by atoms with Crippen molar-refractivity contribution in [2.24, 2.45) is 0 Å². The number of aryl methyl sites for hydroxylation is 1. The highest BCUT2D eigenvalue weighted by Gasteiger charge is 2.29. The van der Waals surface area contributed by atoms with Crippen LogP contribution >= 0.6 is 11.6 Å². The van der Waals surface area contributed by atoms with Crippen molar-refractivity contribution in [3.63, 3.8) is 0 Å². The molecule has 3 N–H and O–H groups in total. The molecule has 0 spiro atoms. The van der Waals surface area contributed by atoms with E-state index < -0.39 is 26.4 Å². The Morgan fingerprint density at radius 3 is 2.28 bits per heavy atom. The fourth-order valence-corrected chi connectivity index (χ4v) is 5.20. The minimum atomic E-state index is -3.69. The molecule has 0 atom stereocenters. The predicted molar refractivity (Wildman–Crippen MR) is 153 cm³/mol. The molecule has 1 fully saturated rings. The SMILES string of the molecule is Cc1cnc(Nc2cc(F)c(C3CCN(C)CC3)c(F)c2)nc1Nc1ccc(Cl)c(NS(=O)(=O)C(C)(C)C)c1. The summed E-state index contributed by atoms with van der Waals surface area (Å²) in [7, 11) is -1.69. The molecule has 39 heavy (non-hydrogen) atoms. The lowest BCUT2D eigenvalue weighted by Gasteiger charge is -2.29. The van der Waals surface area contributed by atoms with Gasteiger partial charge in [-0.25, -0.2) is 22.2 Å². The average molecular weight is 579 g/mol. The number of nitrogens with zero attached hydrogens (tertiary/aromatic N) is 3. The fraction of sp³-hybridized carbons (Fsp3) is 0.407. The quantitative estimate of drug-likeness (QED) is 0.292. The third kappa shape index (κ3) is 6.77. The molecular weight excluding hydrogens is 546 g/mol. The summed E-state index contributed by atoms with van der Waals surface area (Å²) in [5.74, 6) is -0.786. The van der Waals surface area contributed by atoms with Crippen LogP contribution in [-0.2, 0) is 10.0 Å². The normalized spacial score (nSPS) is 15.3. The van der Waals surface area contributed by atoms with Crippen molar-refractivity contribution < 1.29 is 17.2 Å². The molecule has 0 aliphatic carbocycles. The summed E-state index contributed by atoms with van der Waals surface area (Å²) >= 11 is 6.24. The van der Waals surface area contributed by atoms with E-state index in [9.17, 15) is 17.2 Å². The van der Waals surface area contributed by atoms with E-state index in [2.05, 4.69) is 30.2 Å². The fourth-order valence-electron chi connectivity index (χ4n) is 4.22. The van der Waals surface area contributed by atoms with Crippen LogP contribution in [-0.4, -0.2) is 48.2 Å². The molecule has 210 valence electrons. The summed E-state index contributed by atoms with van der Waals surface area (Å²) in [6.07, 6.45) is 2.98. The number of aromatic nitrogens is 2. The number of nitrogens with one attached hydrogen (secondary N) is 3. The van der Waals surface area contributed by atoms with Crippen LogP contribution in [0.25, 0.3) is 0 Å². The van der Waals surface area contributed by atoms with Crippen molar-refractivity contribution in [2.45, 2.75) is 51.2 Å². The van der Waals surface area contributed by atoms with Gasteiger partial charge in [-0.3, -0.25) is 4.72 Å². The Labute approximate surface area is 233 Å². The minimum absolute atomic E-state index is 0.126. The summed E-state index contributed by atoms with van der Waals surface area (Å²) in [5, 5.41) is 6.25. The highest BCUT2D eigenvalue weighted by atomic mass is 35.5. The molecule has 2 heterocycles. The number of halogens is 3. The molecule has 1 aliphatic heterocycles. The molecule has 1 aliphatic rings. The molecule has 0 radical (unpaired) electrons. The third-order valence-corrected chi connectivity index (χ3v) is 9.14. The molecule has 4 rings (SSSR count). The zero-order valence-corrected chi connectivity index (χ0v) is 24.1. The molecule has 2 aromatic carbocycles. The first kappa shape index (κ1) is 29.0. The number of hydrogen-bond acceptors (Lipinski definition) is 7. The van der Waals surface area contributed by atoms with Gasteiger partial charge in [0.15, 0.2) is 0 Å². The lowest BCUT2D eigenvalue weighted by atomic mass is 9.88. The van der Waals surface area contributed by atoms with Crippen molar-refractivity contribution in [1.29, 1.82) is 0 Å². The Kier molecular flexibility index (Phi) is 8.34. The van der Waals surface area contributed by atoms with E-state index in [4.69, 9.17) is 11.6 Å². The summed E-state index contributed by atoms with van der Waals surface area (Å²) in [6, 6.07) is 7.34. The van der Waals surface area contributed by atoms with Crippen molar-refractivity contribution in [3.8, 4) is 0 Å². The van der Waals surface area contributed by atoms with E-state index in [1.54, 1.807) is 52.1 Å². The Bertz CT molecular complexity index is 1450. The van der Waals surface area contributed by atoms with Gasteiger partial charge in [-0.05, 0) is 96.9 Å². The van der Waals surface area contributed by atoms with Crippen molar-refractivity contribution in [1.82, 2.24) is 14.9 Å². The molecule has 0 unspecified atom stereocenters. The Morgan fingerprint density at radius 1 is 1.03 bits per heavy atom. The van der Waals surface area contributed by atoms with Gasteiger partial charge in [0, 0.05) is 28.7 Å². The maximum atomic E-state index is 15.0. The Morgan fingerprint density at radius 2 is 1.67 bits per heavy atom. The van der Waals surface area contributed by atoms with Gasteiger partial charge in [0.25, 0.3) is 0 Å². The highest BCUT2D eigenvalue weighted by molar-refractivity contribution is 7.94. The van der Waals surface area contributed by atoms with Crippen molar-refractivity contribution in [3.05, 3.63) is 64.3 Å². The zero-order valence-electron chi connectivity index (χ0n) is 22.6. The number of anilines is 5. The van der Waals surface area contributed by atoms with Crippen molar-refractivity contribution in [2.75, 3.05) is 35.5 Å². The van der Waals surface area contributed by atoms with E-state index in [1.807, 2.05) is 7.05 Å². The van der Waals surface area contributed by atoms with E-state index >= 15 is 0 Å². The van der Waals surface area contributed by atoms with Crippen LogP contribution in [0, 0.1) is 18.6 Å². The summed E-state index contributed by atoms with van der Waals surface area (Å²) in [5.41, 5.74) is 1.77. The predicted octanol–water partition coefficient (Wildman–Crippen LogP) is 6.55. The van der Waals surface area contributed by atoms with Gasteiger partial charge >= 0.3 is 0 Å². The minimum Gasteiger partial charge on any atom is -0.340 e. The molecular formula is C27H33ClF2N6O2S. The molecule has 1 saturated heterocycles. The lowest BCUT2D eigenvalue weighted by Crippen LogP contribution is -2.33. The summed E-state index contributed by atoms with van der Waals surface area (Å²) in [4.78, 5) is 10.8. The number of likely N-dealkylation sites (tertiary alicyclic amines) is 1. The van der Waals surface area contributed by atoms with Crippen LogP contribution in [0.4, 0.5) is 37.6 Å². The summed E-state index contributed by atoms with van der Waals surface area (Å²) < 4.78 is 56.7. The smallest absolute Gasteiger partial charge is 0.237 e. The summed E-state index contributed by atoms with van der Waals surface area (Å²) in [6.45, 7) is 8.15. The van der Waals surface area contributed by atoms with Gasteiger partial charge in [-0.1, -0.05) is 11.6 Å². The van der Waals surface area contributed by atoms with Crippen LogP contribution in [0.2, 0.25) is 5.02 Å². The number of benzene rings is 2. The molecule has 12 heteroatoms. The van der Waals surface area contributed by atoms with Crippen molar-refractivity contribution >= 4 is 50.5 Å². The van der Waals surface area contributed by atoms with Gasteiger partial charge in [-0.15, -0.1) is 0 Å². The zero-order chi connectivity index (χ0) is 28.5. The molecule has 1 aromatic heterocycles. The molecule has 0 saturated carbocycles. The maximum absolute atomic E-state index is 15.0. The van der Waals surface area contributed by atoms with Gasteiger partial charge < -0.3 is 15.5 Å². The third-order valence-electron chi connectivity index (χ3n) is 6.71. The molecule has 8 nitrogen and oxygen atoms in total. The first-order valence-electron chi connectivity index (χ1n) is 12.6. The van der Waals surface area contributed by atoms with E-state index in [0.717, 1.165) is 13.1 Å². The molecule has 3 aromatic rings. The van der Waals surface area contributed by atoms with Crippen LogP contribution in [0.15, 0.2) is 36.5 Å². The maximum Gasteiger partial charge on any atom is 0.237 e. The van der Waals surface area contributed by atoms with Gasteiger partial charge in [0.2, 0.25) is 16.0 Å². The van der Waals surface area contributed by atoms with Crippen LogP contribution in [0.3, 0.4) is 0 Å². The Hall–Kier alpha value is -3.02. The van der Waals surface area contributed by atoms with Crippen LogP contribution < -0.4 is 15.4 Å². The monoisotopic (exact) mass is 578 g/mol. The van der Waals surface area contributed by atoms with Gasteiger partial charge in [-0.2, -0.15) is 4.98 Å². The second-order valence-corrected chi connectivity index (χ2v) is 13.7. The van der Waals surface area contributed by atoms with Gasteiger partial charge in [0.1, 0.15) is 17.5 Å². The first-order valence-corrected chi connectivity index (χ1v) is 14.5. The molecule has 0 bridgehead atoms. The van der Waals surface area contributed by atoms with Crippen LogP contribution in [0.1, 0.15) is 50.7 Å². The first-order chi connectivity index (χ1) is 18.2. The van der Waals surface area contributed by atoms with Gasteiger partial charge in [0.05, 0.1) is 15.5 Å². The van der Waals surface area contributed by atoms with E-state index in [1.165, 1.54) is 12.1 Å². The average Bonchev–Trinajstić information content (AvgIpc) is 2.83. The van der Waals surface area contributed by atoms with Crippen LogP contribution in [0.5, 0.6) is 0 Å². The number of piperidine rings is 1. The standard InChI is InChI=1S/C27H33ClF2N6O2S/c1-16-15-31-26(33-19-12-21(29)24(22(30)13-19)17-8-10-36(5)11-9-17)34-25(16)32-18-6-7-20(28)23(14-18)35-39(37,38)27(2,3)4/h6-7,12-15,17,35H,8-11H2,1-5H3,(H2,31,32,33,34). The van der Waals surface area contributed by atoms with E-state index in [-0.39, 0.29) is 33.8 Å². The Balaban J connectivity index is 1.54. The second kappa shape index (κ2) is 11.2. The molecule has 0 amide bonds. The number of rotatable bonds is 7. The topological polar surface area (TPSA) is 99.2 Å².